The van der Waals surface area contributed by atoms with Gasteiger partial charge < -0.3 is 16.2 Å². The molecule has 4 heteroatoms. The van der Waals surface area contributed by atoms with Crippen LogP contribution in [0.3, 0.4) is 0 Å². The van der Waals surface area contributed by atoms with Gasteiger partial charge in [0.2, 0.25) is 0 Å². The maximum Gasteiger partial charge on any atom is 0.123 e. The Kier molecular flexibility index (Phi) is 4.37. The van der Waals surface area contributed by atoms with Crippen LogP contribution in [0.15, 0.2) is 18.3 Å². The zero-order valence-electron chi connectivity index (χ0n) is 9.27. The van der Waals surface area contributed by atoms with Gasteiger partial charge in [-0.25, -0.2) is 4.98 Å². The van der Waals surface area contributed by atoms with Crippen molar-refractivity contribution < 1.29 is 5.11 Å². The van der Waals surface area contributed by atoms with Crippen LogP contribution in [-0.2, 0) is 0 Å². The first kappa shape index (κ1) is 11.8. The smallest absolute Gasteiger partial charge is 0.123 e. The number of aliphatic hydroxyl groups is 1. The quantitative estimate of drug-likeness (QED) is 0.687. The lowest BCUT2D eigenvalue weighted by molar-refractivity contribution is 0.161. The summed E-state index contributed by atoms with van der Waals surface area (Å²) in [4.78, 5) is 3.95. The van der Waals surface area contributed by atoms with E-state index in [1.807, 2.05) is 6.07 Å². The summed E-state index contributed by atoms with van der Waals surface area (Å²) in [6, 6.07) is 3.58. The van der Waals surface area contributed by atoms with E-state index in [2.05, 4.69) is 24.1 Å². The Morgan fingerprint density at radius 1 is 1.47 bits per heavy atom. The number of anilines is 2. The molecule has 0 bridgehead atoms. The number of nitrogens with one attached hydrogen (secondary N) is 1. The van der Waals surface area contributed by atoms with Gasteiger partial charge in [-0.05, 0) is 24.5 Å². The Bertz CT molecular complexity index is 284. The lowest BCUT2D eigenvalue weighted by Gasteiger charge is -2.14. The highest BCUT2D eigenvalue weighted by Gasteiger charge is 2.06. The molecule has 0 spiro atoms. The summed E-state index contributed by atoms with van der Waals surface area (Å²) in [5.74, 6) is 1.01. The van der Waals surface area contributed by atoms with Gasteiger partial charge in [0.1, 0.15) is 5.82 Å². The second-order valence-electron chi connectivity index (χ2n) is 4.14. The molecule has 1 heterocycles. The third kappa shape index (κ3) is 4.65. The van der Waals surface area contributed by atoms with Crippen LogP contribution in [0.25, 0.3) is 0 Å². The number of aromatic nitrogens is 1. The summed E-state index contributed by atoms with van der Waals surface area (Å²) in [5.41, 5.74) is 6.34. The molecule has 0 fully saturated rings. The maximum absolute atomic E-state index is 9.63. The van der Waals surface area contributed by atoms with E-state index in [0.29, 0.717) is 18.3 Å². The fraction of sp³-hybridized carbons (Fsp3) is 0.545. The topological polar surface area (TPSA) is 71.2 Å². The number of nitrogen functional groups attached to an aromatic ring is 1. The lowest BCUT2D eigenvalue weighted by atomic mass is 10.1. The van der Waals surface area contributed by atoms with E-state index in [9.17, 15) is 5.11 Å². The van der Waals surface area contributed by atoms with E-state index < -0.39 is 0 Å². The average molecular weight is 209 g/mol. The zero-order chi connectivity index (χ0) is 11.3. The number of nitrogens with two attached hydrogens (primary N) is 1. The minimum atomic E-state index is -0.317. The molecule has 4 N–H and O–H groups in total. The highest BCUT2D eigenvalue weighted by Crippen LogP contribution is 2.09. The van der Waals surface area contributed by atoms with Crippen LogP contribution in [-0.4, -0.2) is 22.7 Å². The number of aliphatic hydroxyl groups excluding tert-OH is 1. The molecule has 0 aliphatic carbocycles. The van der Waals surface area contributed by atoms with E-state index >= 15 is 0 Å². The van der Waals surface area contributed by atoms with E-state index in [-0.39, 0.29) is 6.10 Å². The summed E-state index contributed by atoms with van der Waals surface area (Å²) in [6.45, 7) is 4.73. The predicted octanol–water partition coefficient (Wildman–Crippen LogP) is 1.48. The third-order valence-electron chi connectivity index (χ3n) is 2.07. The minimum absolute atomic E-state index is 0.317. The van der Waals surface area contributed by atoms with Crippen molar-refractivity contribution in [1.82, 2.24) is 4.98 Å². The van der Waals surface area contributed by atoms with Gasteiger partial charge in [-0.3, -0.25) is 0 Å². The molecule has 1 unspecified atom stereocenters. The van der Waals surface area contributed by atoms with Crippen LogP contribution in [0, 0.1) is 5.92 Å². The molecule has 84 valence electrons. The number of hydrogen-bond donors (Lipinski definition) is 3. The monoisotopic (exact) mass is 209 g/mol. The van der Waals surface area contributed by atoms with E-state index in [4.69, 9.17) is 5.73 Å². The molecule has 0 radical (unpaired) electrons. The Labute approximate surface area is 90.5 Å². The number of hydrogen-bond acceptors (Lipinski definition) is 4. The molecule has 1 aromatic heterocycles. The Balaban J connectivity index is 2.33. The van der Waals surface area contributed by atoms with Gasteiger partial charge in [-0.2, -0.15) is 0 Å². The minimum Gasteiger partial charge on any atom is -0.391 e. The molecule has 0 saturated carbocycles. The van der Waals surface area contributed by atoms with Crippen molar-refractivity contribution in [3.63, 3.8) is 0 Å². The van der Waals surface area contributed by atoms with Crippen molar-refractivity contribution in [2.45, 2.75) is 26.4 Å². The summed E-state index contributed by atoms with van der Waals surface area (Å²) in [6.07, 6.45) is 2.15. The van der Waals surface area contributed by atoms with Gasteiger partial charge in [-0.15, -0.1) is 0 Å². The molecule has 1 atom stereocenters. The highest BCUT2D eigenvalue weighted by atomic mass is 16.3. The molecule has 0 aliphatic rings. The van der Waals surface area contributed by atoms with Gasteiger partial charge in [-0.1, -0.05) is 13.8 Å². The fourth-order valence-corrected chi connectivity index (χ4v) is 1.37. The lowest BCUT2D eigenvalue weighted by Crippen LogP contribution is -2.21. The molecule has 0 saturated heterocycles. The van der Waals surface area contributed by atoms with Gasteiger partial charge >= 0.3 is 0 Å². The molecular formula is C11H19N3O. The van der Waals surface area contributed by atoms with Crippen LogP contribution < -0.4 is 11.1 Å². The first-order valence-electron chi connectivity index (χ1n) is 5.21. The van der Waals surface area contributed by atoms with Crippen molar-refractivity contribution in [3.05, 3.63) is 18.3 Å². The Hall–Kier alpha value is -1.29. The van der Waals surface area contributed by atoms with Crippen molar-refractivity contribution in [2.75, 3.05) is 17.6 Å². The fourth-order valence-electron chi connectivity index (χ4n) is 1.37. The summed E-state index contributed by atoms with van der Waals surface area (Å²) in [5, 5.41) is 12.7. The second kappa shape index (κ2) is 5.56. The summed E-state index contributed by atoms with van der Waals surface area (Å²) >= 11 is 0. The van der Waals surface area contributed by atoms with Crippen molar-refractivity contribution in [1.29, 1.82) is 0 Å². The van der Waals surface area contributed by atoms with Crippen LogP contribution in [0.1, 0.15) is 20.3 Å². The second-order valence-corrected chi connectivity index (χ2v) is 4.14. The van der Waals surface area contributed by atoms with Crippen LogP contribution in [0.4, 0.5) is 11.5 Å². The maximum atomic E-state index is 9.63. The molecule has 1 rings (SSSR count). The third-order valence-corrected chi connectivity index (χ3v) is 2.07. The average Bonchev–Trinajstić information content (AvgIpc) is 2.16. The normalized spacial score (nSPS) is 12.8. The Morgan fingerprint density at radius 3 is 2.73 bits per heavy atom. The summed E-state index contributed by atoms with van der Waals surface area (Å²) < 4.78 is 0. The van der Waals surface area contributed by atoms with Crippen LogP contribution in [0.2, 0.25) is 0 Å². The summed E-state index contributed by atoms with van der Waals surface area (Å²) in [7, 11) is 0. The largest absolute Gasteiger partial charge is 0.391 e. The van der Waals surface area contributed by atoms with Crippen molar-refractivity contribution in [3.8, 4) is 0 Å². The standard InChI is InChI=1S/C11H19N3O/c1-8(2)5-10(15)7-13-9-3-4-11(12)14-6-9/h3-4,6,8,10,13,15H,5,7H2,1-2H3,(H2,12,14). The molecule has 1 aromatic rings. The van der Waals surface area contributed by atoms with Crippen molar-refractivity contribution >= 4 is 11.5 Å². The Morgan fingerprint density at radius 2 is 2.20 bits per heavy atom. The molecular weight excluding hydrogens is 190 g/mol. The number of rotatable bonds is 5. The van der Waals surface area contributed by atoms with E-state index in [1.165, 1.54) is 0 Å². The molecule has 0 aliphatic heterocycles. The highest BCUT2D eigenvalue weighted by molar-refractivity contribution is 5.45. The molecule has 0 amide bonds. The molecule has 4 nitrogen and oxygen atoms in total. The van der Waals surface area contributed by atoms with E-state index in [1.54, 1.807) is 12.3 Å². The van der Waals surface area contributed by atoms with Crippen LogP contribution in [0.5, 0.6) is 0 Å². The predicted molar refractivity (Wildman–Crippen MR) is 62.6 cm³/mol. The number of pyridine rings is 1. The van der Waals surface area contributed by atoms with Gasteiger partial charge in [0.25, 0.3) is 0 Å². The SMILES string of the molecule is CC(C)CC(O)CNc1ccc(N)nc1. The van der Waals surface area contributed by atoms with Gasteiger partial charge in [0.05, 0.1) is 18.0 Å². The zero-order valence-corrected chi connectivity index (χ0v) is 9.27. The van der Waals surface area contributed by atoms with Gasteiger partial charge in [0.15, 0.2) is 0 Å². The first-order chi connectivity index (χ1) is 7.08. The van der Waals surface area contributed by atoms with Gasteiger partial charge in [0, 0.05) is 6.54 Å². The van der Waals surface area contributed by atoms with Crippen molar-refractivity contribution in [2.24, 2.45) is 5.92 Å². The number of nitrogens with zero attached hydrogens (tertiary/aromatic N) is 1. The molecule has 15 heavy (non-hydrogen) atoms. The van der Waals surface area contributed by atoms with E-state index in [0.717, 1.165) is 12.1 Å². The first-order valence-corrected chi connectivity index (χ1v) is 5.21. The molecule has 0 aromatic carbocycles. The van der Waals surface area contributed by atoms with Crippen LogP contribution >= 0.6 is 0 Å².